The highest BCUT2D eigenvalue weighted by atomic mass is 32.2. The van der Waals surface area contributed by atoms with Crippen molar-refractivity contribution in [2.24, 2.45) is 5.92 Å². The lowest BCUT2D eigenvalue weighted by Crippen LogP contribution is -2.31. The molecule has 2 atom stereocenters. The molecule has 4 heteroatoms. The molecule has 1 aromatic carbocycles. The van der Waals surface area contributed by atoms with Crippen molar-refractivity contribution < 1.29 is 8.42 Å². The summed E-state index contributed by atoms with van der Waals surface area (Å²) in [5.41, 5.74) is 1.25. The Morgan fingerprint density at radius 1 is 1.22 bits per heavy atom. The summed E-state index contributed by atoms with van der Waals surface area (Å²) in [7, 11) is -3.05. The Labute approximate surface area is 110 Å². The molecule has 1 fully saturated rings. The van der Waals surface area contributed by atoms with Crippen molar-refractivity contribution >= 4 is 10.0 Å². The first-order valence-corrected chi connectivity index (χ1v) is 8.18. The van der Waals surface area contributed by atoms with Gasteiger partial charge in [0, 0.05) is 19.0 Å². The van der Waals surface area contributed by atoms with E-state index in [1.807, 2.05) is 25.1 Å². The zero-order valence-corrected chi connectivity index (χ0v) is 11.9. The van der Waals surface area contributed by atoms with Crippen molar-refractivity contribution in [1.82, 2.24) is 4.31 Å². The van der Waals surface area contributed by atoms with Crippen molar-refractivity contribution in [1.29, 1.82) is 0 Å². The second kappa shape index (κ2) is 5.41. The number of benzene rings is 1. The first-order chi connectivity index (χ1) is 8.54. The van der Waals surface area contributed by atoms with Gasteiger partial charge in [0.2, 0.25) is 10.0 Å². The van der Waals surface area contributed by atoms with Crippen LogP contribution in [-0.2, 0) is 10.0 Å². The van der Waals surface area contributed by atoms with Crippen LogP contribution < -0.4 is 0 Å². The number of rotatable bonds is 4. The fraction of sp³-hybridized carbons (Fsp3) is 0.571. The van der Waals surface area contributed by atoms with Gasteiger partial charge in [-0.05, 0) is 17.9 Å². The van der Waals surface area contributed by atoms with Crippen LogP contribution in [-0.4, -0.2) is 31.6 Å². The summed E-state index contributed by atoms with van der Waals surface area (Å²) in [4.78, 5) is 0. The van der Waals surface area contributed by atoms with Crippen LogP contribution in [0.5, 0.6) is 0 Å². The Morgan fingerprint density at radius 3 is 2.50 bits per heavy atom. The molecule has 1 aromatic rings. The van der Waals surface area contributed by atoms with E-state index in [2.05, 4.69) is 19.1 Å². The topological polar surface area (TPSA) is 37.4 Å². The Balaban J connectivity index is 2.15. The molecule has 0 radical (unpaired) electrons. The third-order valence-corrected chi connectivity index (χ3v) is 5.67. The molecule has 0 N–H and O–H groups in total. The predicted molar refractivity (Wildman–Crippen MR) is 74.0 cm³/mol. The lowest BCUT2D eigenvalue weighted by atomic mass is 9.90. The highest BCUT2D eigenvalue weighted by Crippen LogP contribution is 2.33. The van der Waals surface area contributed by atoms with E-state index in [9.17, 15) is 8.42 Å². The van der Waals surface area contributed by atoms with Crippen LogP contribution >= 0.6 is 0 Å². The number of nitrogens with zero attached hydrogens (tertiary/aromatic N) is 1. The Kier molecular flexibility index (Phi) is 4.07. The summed E-state index contributed by atoms with van der Waals surface area (Å²) in [5.74, 6) is 0.984. The van der Waals surface area contributed by atoms with Crippen LogP contribution in [0, 0.1) is 5.92 Å². The molecule has 1 heterocycles. The first-order valence-electron chi connectivity index (χ1n) is 6.57. The predicted octanol–water partition coefficient (Wildman–Crippen LogP) is 2.46. The molecule has 0 saturated carbocycles. The highest BCUT2D eigenvalue weighted by Gasteiger charge is 2.36. The van der Waals surface area contributed by atoms with E-state index in [0.29, 0.717) is 31.3 Å². The van der Waals surface area contributed by atoms with Gasteiger partial charge >= 0.3 is 0 Å². The van der Waals surface area contributed by atoms with Crippen LogP contribution in [0.4, 0.5) is 0 Å². The molecule has 0 amide bonds. The van der Waals surface area contributed by atoms with Gasteiger partial charge in [0.1, 0.15) is 0 Å². The van der Waals surface area contributed by atoms with Crippen molar-refractivity contribution in [3.8, 4) is 0 Å². The Bertz CT molecular complexity index is 484. The molecule has 1 aliphatic rings. The van der Waals surface area contributed by atoms with Gasteiger partial charge in [-0.3, -0.25) is 0 Å². The average Bonchev–Trinajstić information content (AvgIpc) is 2.73. The van der Waals surface area contributed by atoms with Gasteiger partial charge in [-0.1, -0.05) is 44.2 Å². The highest BCUT2D eigenvalue weighted by molar-refractivity contribution is 7.89. The maximum atomic E-state index is 12.1. The normalized spacial score (nSPS) is 25.4. The monoisotopic (exact) mass is 267 g/mol. The first kappa shape index (κ1) is 13.6. The van der Waals surface area contributed by atoms with E-state index in [1.165, 1.54) is 5.56 Å². The fourth-order valence-electron chi connectivity index (χ4n) is 2.67. The molecule has 2 unspecified atom stereocenters. The SMILES string of the molecule is CCCS(=O)(=O)N1CC(C)C(c2ccccc2)C1. The Hall–Kier alpha value is -0.870. The van der Waals surface area contributed by atoms with Crippen molar-refractivity contribution in [3.63, 3.8) is 0 Å². The van der Waals surface area contributed by atoms with E-state index in [1.54, 1.807) is 4.31 Å². The van der Waals surface area contributed by atoms with Gasteiger partial charge in [-0.15, -0.1) is 0 Å². The molecule has 1 aliphatic heterocycles. The second-order valence-electron chi connectivity index (χ2n) is 5.13. The maximum absolute atomic E-state index is 12.1. The molecule has 100 valence electrons. The van der Waals surface area contributed by atoms with Crippen LogP contribution in [0.2, 0.25) is 0 Å². The zero-order valence-electron chi connectivity index (χ0n) is 11.0. The molecule has 18 heavy (non-hydrogen) atoms. The minimum Gasteiger partial charge on any atom is -0.212 e. The lowest BCUT2D eigenvalue weighted by Gasteiger charge is -2.16. The number of hydrogen-bond acceptors (Lipinski definition) is 2. The second-order valence-corrected chi connectivity index (χ2v) is 7.22. The van der Waals surface area contributed by atoms with Crippen molar-refractivity contribution in [2.75, 3.05) is 18.8 Å². The Morgan fingerprint density at radius 2 is 1.89 bits per heavy atom. The zero-order chi connectivity index (χ0) is 13.2. The molecule has 0 bridgehead atoms. The van der Waals surface area contributed by atoms with E-state index < -0.39 is 10.0 Å². The molecule has 1 saturated heterocycles. The smallest absolute Gasteiger partial charge is 0.212 e. The quantitative estimate of drug-likeness (QED) is 0.840. The van der Waals surface area contributed by atoms with Crippen LogP contribution in [0.1, 0.15) is 31.7 Å². The molecule has 0 aromatic heterocycles. The summed E-state index contributed by atoms with van der Waals surface area (Å²) in [5, 5.41) is 0. The van der Waals surface area contributed by atoms with E-state index in [-0.39, 0.29) is 5.75 Å². The van der Waals surface area contributed by atoms with Crippen LogP contribution in [0.3, 0.4) is 0 Å². The maximum Gasteiger partial charge on any atom is 0.214 e. The third-order valence-electron chi connectivity index (χ3n) is 3.66. The van der Waals surface area contributed by atoms with Gasteiger partial charge in [0.15, 0.2) is 0 Å². The fourth-order valence-corrected chi connectivity index (χ4v) is 4.29. The van der Waals surface area contributed by atoms with Crippen LogP contribution in [0.15, 0.2) is 30.3 Å². The summed E-state index contributed by atoms with van der Waals surface area (Å²) in [6, 6.07) is 10.2. The third kappa shape index (κ3) is 2.75. The molecule has 3 nitrogen and oxygen atoms in total. The summed E-state index contributed by atoms with van der Waals surface area (Å²) in [6.45, 7) is 5.33. The van der Waals surface area contributed by atoms with E-state index in [0.717, 1.165) is 0 Å². The molecule has 0 aliphatic carbocycles. The summed E-state index contributed by atoms with van der Waals surface area (Å²) in [6.07, 6.45) is 0.684. The van der Waals surface area contributed by atoms with Crippen molar-refractivity contribution in [3.05, 3.63) is 35.9 Å². The average molecular weight is 267 g/mol. The standard InChI is InChI=1S/C14H21NO2S/c1-3-9-18(16,17)15-10-12(2)14(11-15)13-7-5-4-6-8-13/h4-8,12,14H,3,9-11H2,1-2H3. The van der Waals surface area contributed by atoms with E-state index >= 15 is 0 Å². The van der Waals surface area contributed by atoms with Gasteiger partial charge in [-0.25, -0.2) is 12.7 Å². The van der Waals surface area contributed by atoms with Gasteiger partial charge in [0.25, 0.3) is 0 Å². The molecular formula is C14H21NO2S. The number of hydrogen-bond donors (Lipinski definition) is 0. The largest absolute Gasteiger partial charge is 0.214 e. The van der Waals surface area contributed by atoms with Crippen molar-refractivity contribution in [2.45, 2.75) is 26.2 Å². The summed E-state index contributed by atoms with van der Waals surface area (Å²) >= 11 is 0. The van der Waals surface area contributed by atoms with E-state index in [4.69, 9.17) is 0 Å². The lowest BCUT2D eigenvalue weighted by molar-refractivity contribution is 0.463. The molecular weight excluding hydrogens is 246 g/mol. The summed E-state index contributed by atoms with van der Waals surface area (Å²) < 4.78 is 25.8. The molecule has 2 rings (SSSR count). The number of sulfonamides is 1. The molecule has 0 spiro atoms. The van der Waals surface area contributed by atoms with Gasteiger partial charge < -0.3 is 0 Å². The minimum absolute atomic E-state index is 0.265. The van der Waals surface area contributed by atoms with Crippen LogP contribution in [0.25, 0.3) is 0 Å². The van der Waals surface area contributed by atoms with Gasteiger partial charge in [-0.2, -0.15) is 0 Å². The van der Waals surface area contributed by atoms with Gasteiger partial charge in [0.05, 0.1) is 5.75 Å². The minimum atomic E-state index is -3.05.